The first kappa shape index (κ1) is 23.9. The Bertz CT molecular complexity index is 1080. The largest absolute Gasteiger partial charge is 0.482 e. The number of nitrogens with one attached hydrogen (secondary N) is 3. The number of fused-ring (bicyclic) bond motifs is 1. The van der Waals surface area contributed by atoms with Gasteiger partial charge in [-0.3, -0.25) is 0 Å². The number of hydrogen-bond donors (Lipinski definition) is 3. The Labute approximate surface area is 197 Å². The van der Waals surface area contributed by atoms with E-state index in [-0.39, 0.29) is 22.7 Å². The molecule has 3 N–H and O–H groups in total. The molecule has 0 aliphatic rings. The van der Waals surface area contributed by atoms with Crippen molar-refractivity contribution in [3.63, 3.8) is 0 Å². The summed E-state index contributed by atoms with van der Waals surface area (Å²) in [6.07, 6.45) is 1.80. The smallest absolute Gasteiger partial charge is 0.407 e. The first-order valence-corrected chi connectivity index (χ1v) is 11.0. The van der Waals surface area contributed by atoms with Crippen LogP contribution in [0.5, 0.6) is 5.75 Å². The summed E-state index contributed by atoms with van der Waals surface area (Å²) in [5.74, 6) is 0.660. The number of para-hydroxylation sites is 1. The summed E-state index contributed by atoms with van der Waals surface area (Å²) < 4.78 is 11.1. The summed E-state index contributed by atoms with van der Waals surface area (Å²) in [7, 11) is 0. The molecule has 0 saturated heterocycles. The first-order chi connectivity index (χ1) is 15.1. The summed E-state index contributed by atoms with van der Waals surface area (Å²) in [6, 6.07) is 8.12. The lowest BCUT2D eigenvalue weighted by Gasteiger charge is -2.22. The molecule has 0 fully saturated rings. The molecule has 0 aliphatic heterocycles. The van der Waals surface area contributed by atoms with E-state index in [1.54, 1.807) is 27.7 Å². The number of halogens is 2. The van der Waals surface area contributed by atoms with E-state index in [4.69, 9.17) is 32.7 Å². The third-order valence-corrected chi connectivity index (χ3v) is 4.84. The van der Waals surface area contributed by atoms with Gasteiger partial charge in [0.25, 0.3) is 0 Å². The molecule has 1 unspecified atom stereocenters. The normalized spacial score (nSPS) is 12.4. The van der Waals surface area contributed by atoms with Gasteiger partial charge < -0.3 is 25.1 Å². The van der Waals surface area contributed by atoms with Crippen molar-refractivity contribution in [1.29, 1.82) is 0 Å². The van der Waals surface area contributed by atoms with E-state index < -0.39 is 17.8 Å². The number of amides is 1. The molecule has 0 aliphatic carbocycles. The number of aromatic nitrogens is 3. The molecule has 32 heavy (non-hydrogen) atoms. The van der Waals surface area contributed by atoms with Crippen molar-refractivity contribution in [2.45, 2.75) is 45.8 Å². The topological polar surface area (TPSA) is 101 Å². The van der Waals surface area contributed by atoms with E-state index in [2.05, 4.69) is 31.7 Å². The maximum atomic E-state index is 11.9. The molecule has 2 aromatic heterocycles. The van der Waals surface area contributed by atoms with Crippen LogP contribution in [-0.4, -0.2) is 45.8 Å². The number of aromatic amines is 1. The number of hydrogen-bond acceptors (Lipinski definition) is 6. The molecular formula is C22H27Cl2N5O3. The Morgan fingerprint density at radius 2 is 1.97 bits per heavy atom. The Balaban J connectivity index is 1.62. The second-order valence-electron chi connectivity index (χ2n) is 8.31. The lowest BCUT2D eigenvalue weighted by atomic mass is 10.1. The molecule has 2 heterocycles. The van der Waals surface area contributed by atoms with Crippen molar-refractivity contribution in [3.05, 3.63) is 46.5 Å². The standard InChI is InChI=1S/C22H27Cl2N5O3/c1-13(11-27-21(30)32-22(2,3)4)31-17-18(23)28-20(24)29-19(17)25-10-9-14-12-26-16-8-6-5-7-15(14)16/h5-8,12-13,26H,9-11H2,1-4H3,(H,27,30)(H,25,28,29). The van der Waals surface area contributed by atoms with Crippen molar-refractivity contribution in [1.82, 2.24) is 20.3 Å². The third kappa shape index (κ3) is 6.64. The van der Waals surface area contributed by atoms with Crippen LogP contribution in [0, 0.1) is 0 Å². The van der Waals surface area contributed by atoms with Gasteiger partial charge in [0.1, 0.15) is 11.7 Å². The maximum absolute atomic E-state index is 11.9. The average Bonchev–Trinajstić information content (AvgIpc) is 3.11. The van der Waals surface area contributed by atoms with E-state index in [1.165, 1.54) is 10.9 Å². The first-order valence-electron chi connectivity index (χ1n) is 10.3. The van der Waals surface area contributed by atoms with E-state index in [9.17, 15) is 4.79 Å². The van der Waals surface area contributed by atoms with Gasteiger partial charge in [0.2, 0.25) is 5.28 Å². The quantitative estimate of drug-likeness (QED) is 0.302. The van der Waals surface area contributed by atoms with Crippen LogP contribution in [0.4, 0.5) is 10.6 Å². The van der Waals surface area contributed by atoms with Crippen molar-refractivity contribution in [2.75, 3.05) is 18.4 Å². The van der Waals surface area contributed by atoms with E-state index in [0.717, 1.165) is 11.9 Å². The molecule has 10 heteroatoms. The van der Waals surface area contributed by atoms with Gasteiger partial charge in [0.15, 0.2) is 16.7 Å². The van der Waals surface area contributed by atoms with Gasteiger partial charge >= 0.3 is 6.09 Å². The molecule has 3 rings (SSSR count). The number of benzene rings is 1. The van der Waals surface area contributed by atoms with Gasteiger partial charge in [0.05, 0.1) is 6.54 Å². The molecule has 3 aromatic rings. The molecule has 8 nitrogen and oxygen atoms in total. The second-order valence-corrected chi connectivity index (χ2v) is 9.00. The van der Waals surface area contributed by atoms with Gasteiger partial charge in [-0.25, -0.2) is 9.78 Å². The fraction of sp³-hybridized carbons (Fsp3) is 0.409. The minimum atomic E-state index is -0.580. The number of ether oxygens (including phenoxy) is 2. The van der Waals surface area contributed by atoms with Crippen molar-refractivity contribution >= 4 is 46.0 Å². The number of anilines is 1. The van der Waals surface area contributed by atoms with Gasteiger partial charge in [0, 0.05) is 23.6 Å². The van der Waals surface area contributed by atoms with Crippen LogP contribution in [-0.2, 0) is 11.2 Å². The van der Waals surface area contributed by atoms with Crippen molar-refractivity contribution in [2.24, 2.45) is 0 Å². The van der Waals surface area contributed by atoms with Crippen LogP contribution in [0.15, 0.2) is 30.5 Å². The predicted octanol–water partition coefficient (Wildman–Crippen LogP) is 5.21. The second kappa shape index (κ2) is 10.3. The van der Waals surface area contributed by atoms with Gasteiger partial charge in [-0.15, -0.1) is 0 Å². The van der Waals surface area contributed by atoms with Crippen LogP contribution in [0.1, 0.15) is 33.3 Å². The summed E-state index contributed by atoms with van der Waals surface area (Å²) in [6.45, 7) is 7.97. The number of nitrogens with zero attached hydrogens (tertiary/aromatic N) is 2. The number of H-pyrrole nitrogens is 1. The average molecular weight is 480 g/mol. The van der Waals surface area contributed by atoms with Gasteiger partial charge in [-0.2, -0.15) is 4.98 Å². The highest BCUT2D eigenvalue weighted by molar-refractivity contribution is 6.33. The zero-order valence-electron chi connectivity index (χ0n) is 18.5. The van der Waals surface area contributed by atoms with Crippen LogP contribution in [0.25, 0.3) is 10.9 Å². The molecule has 1 atom stereocenters. The van der Waals surface area contributed by atoms with Gasteiger partial charge in [-0.1, -0.05) is 29.8 Å². The molecule has 0 radical (unpaired) electrons. The SMILES string of the molecule is CC(CNC(=O)OC(C)(C)C)Oc1c(Cl)nc(Cl)nc1NCCc1c[nH]c2ccccc12. The maximum Gasteiger partial charge on any atom is 0.407 e. The van der Waals surface area contributed by atoms with E-state index in [0.29, 0.717) is 12.4 Å². The third-order valence-electron chi connectivity index (χ3n) is 4.41. The minimum absolute atomic E-state index is 0.0106. The lowest BCUT2D eigenvalue weighted by Crippen LogP contribution is -2.37. The molecule has 0 bridgehead atoms. The fourth-order valence-corrected chi connectivity index (χ4v) is 3.49. The highest BCUT2D eigenvalue weighted by atomic mass is 35.5. The van der Waals surface area contributed by atoms with Crippen LogP contribution in [0.3, 0.4) is 0 Å². The van der Waals surface area contributed by atoms with Gasteiger partial charge in [-0.05, 0) is 57.3 Å². The summed E-state index contributed by atoms with van der Waals surface area (Å²) in [5, 5.41) is 7.17. The molecule has 0 saturated carbocycles. The Morgan fingerprint density at radius 1 is 1.22 bits per heavy atom. The Hall–Kier alpha value is -2.71. The van der Waals surface area contributed by atoms with E-state index in [1.807, 2.05) is 24.4 Å². The predicted molar refractivity (Wildman–Crippen MR) is 127 cm³/mol. The fourth-order valence-electron chi connectivity index (χ4n) is 3.06. The summed E-state index contributed by atoms with van der Waals surface area (Å²) in [5.41, 5.74) is 1.69. The van der Waals surface area contributed by atoms with Crippen molar-refractivity contribution < 1.29 is 14.3 Å². The van der Waals surface area contributed by atoms with E-state index >= 15 is 0 Å². The molecule has 0 spiro atoms. The zero-order valence-corrected chi connectivity index (χ0v) is 20.0. The van der Waals surface area contributed by atoms with Crippen LogP contribution in [0.2, 0.25) is 10.4 Å². The molecule has 1 amide bonds. The molecular weight excluding hydrogens is 453 g/mol. The molecule has 1 aromatic carbocycles. The van der Waals surface area contributed by atoms with Crippen molar-refractivity contribution in [3.8, 4) is 5.75 Å². The zero-order chi connectivity index (χ0) is 23.3. The van der Waals surface area contributed by atoms with Crippen LogP contribution < -0.4 is 15.4 Å². The monoisotopic (exact) mass is 479 g/mol. The highest BCUT2D eigenvalue weighted by Gasteiger charge is 2.19. The summed E-state index contributed by atoms with van der Waals surface area (Å²) in [4.78, 5) is 23.3. The molecule has 172 valence electrons. The number of carbonyl (C=O) groups excluding carboxylic acids is 1. The lowest BCUT2D eigenvalue weighted by molar-refractivity contribution is 0.0505. The Kier molecular flexibility index (Phi) is 7.69. The highest BCUT2D eigenvalue weighted by Crippen LogP contribution is 2.32. The number of rotatable bonds is 8. The summed E-state index contributed by atoms with van der Waals surface area (Å²) >= 11 is 12.3. The minimum Gasteiger partial charge on any atom is -0.482 e. The number of carbonyl (C=O) groups is 1. The van der Waals surface area contributed by atoms with Crippen LogP contribution >= 0.6 is 23.2 Å². The Morgan fingerprint density at radius 3 is 2.72 bits per heavy atom. The number of alkyl carbamates (subject to hydrolysis) is 1.